The highest BCUT2D eigenvalue weighted by Crippen LogP contribution is 2.33. The number of hydrogen-bond acceptors (Lipinski definition) is 23. The third kappa shape index (κ3) is 30.4. The van der Waals surface area contributed by atoms with E-state index in [9.17, 15) is 75.9 Å². The Labute approximate surface area is 700 Å². The zero-order valence-corrected chi connectivity index (χ0v) is 70.9. The molecule has 15 amide bonds. The van der Waals surface area contributed by atoms with Gasteiger partial charge in [-0.1, -0.05) is 85.7 Å². The molecule has 0 aliphatic carbocycles. The lowest BCUT2D eigenvalue weighted by molar-refractivity contribution is -0.158. The summed E-state index contributed by atoms with van der Waals surface area (Å²) in [5.41, 5.74) is 21.6. The maximum Gasteiger partial charge on any atom is 0.325 e. The number of cyclic esters (lactones) is 1. The molecule has 22 N–H and O–H groups in total. The van der Waals surface area contributed by atoms with Crippen LogP contribution in [-0.4, -0.2) is 274 Å². The summed E-state index contributed by atoms with van der Waals surface area (Å²) in [5, 5.41) is 45.9. The number of benzene rings is 2. The number of ketones is 1. The minimum absolute atomic E-state index is 0.0598. The van der Waals surface area contributed by atoms with Crippen LogP contribution in [-0.2, 0) is 109 Å². The second kappa shape index (κ2) is 44.4. The van der Waals surface area contributed by atoms with Gasteiger partial charge in [-0.3, -0.25) is 91.1 Å². The number of aromatic nitrogens is 1. The SMILES string of the molecule is CC(C)C[C@H]1NC(=O)[C@H](CCC(N)=O)N(C)C(=O)[C@@H](NC(=O)[C@@H](CS(=O)(=O)O)NC(=O)[C@H](CCCN=C(N)N)NC(=O)[C@@H](Cc2c[nH]c3ccccc23)NC(=O)[C@@H](CC(=O)[C@H](NC(=O)[C@@H]2CCCN2C(=O)[C@H](Cc2ccc(O)cc2)NC(=O)[C@@H](C)NC=O)C(C)(C)C)C(C)(C)C)[C@@H](C)OC(=O)CN(C)C(=O)[C@H](CC(N)=O)NC(=O)C([C@@H](C)O)NC1=O. The van der Waals surface area contributed by atoms with E-state index in [1.165, 1.54) is 24.0 Å². The first-order valence-corrected chi connectivity index (χ1v) is 41.0. The van der Waals surface area contributed by atoms with Crippen molar-refractivity contribution < 1.29 is 109 Å². The van der Waals surface area contributed by atoms with Crippen LogP contribution in [0.25, 0.3) is 10.9 Å². The summed E-state index contributed by atoms with van der Waals surface area (Å²) < 4.78 is 42.2. The molecule has 3 aromatic rings. The second-order valence-corrected chi connectivity index (χ2v) is 34.5. The first kappa shape index (κ1) is 99.7. The van der Waals surface area contributed by atoms with E-state index in [2.05, 4.69) is 63.1 Å². The Balaban J connectivity index is 1.56. The zero-order valence-electron chi connectivity index (χ0n) is 70.1. The number of esters is 1. The van der Waals surface area contributed by atoms with Crippen LogP contribution in [0.4, 0.5) is 0 Å². The average Bonchev–Trinajstić information content (AvgIpc) is 1.75. The molecular weight excluding hydrogens is 1600 g/mol. The van der Waals surface area contributed by atoms with Gasteiger partial charge in [-0.25, -0.2) is 0 Å². The van der Waals surface area contributed by atoms with Gasteiger partial charge in [0.15, 0.2) is 11.7 Å². The van der Waals surface area contributed by atoms with Crippen LogP contribution in [0.3, 0.4) is 0 Å². The molecule has 1 unspecified atom stereocenters. The number of aliphatic imine (C=N–C) groups is 1. The Kier molecular flexibility index (Phi) is 36.6. The van der Waals surface area contributed by atoms with Crippen LogP contribution in [0, 0.1) is 22.7 Å². The molecule has 0 spiro atoms. The number of para-hydroxylation sites is 1. The fourth-order valence-corrected chi connectivity index (χ4v) is 14.5. The van der Waals surface area contributed by atoms with Crippen molar-refractivity contribution in [2.75, 3.05) is 39.5 Å². The molecule has 5 rings (SSSR count). The Hall–Kier alpha value is -11.9. The molecule has 2 aliphatic rings. The molecule has 42 nitrogen and oxygen atoms in total. The molecule has 2 saturated heterocycles. The van der Waals surface area contributed by atoms with Crippen LogP contribution in [0.5, 0.6) is 5.75 Å². The van der Waals surface area contributed by atoms with E-state index in [1.807, 2.05) is 0 Å². The third-order valence-electron chi connectivity index (χ3n) is 20.4. The number of nitrogens with zero attached hydrogens (tertiary/aromatic N) is 4. The molecule has 121 heavy (non-hydrogen) atoms. The van der Waals surface area contributed by atoms with Crippen molar-refractivity contribution >= 4 is 128 Å². The van der Waals surface area contributed by atoms with Gasteiger partial charge in [0.05, 0.1) is 18.6 Å². The quantitative estimate of drug-likeness (QED) is 0.00652. The zero-order chi connectivity index (χ0) is 91.0. The minimum Gasteiger partial charge on any atom is -0.508 e. The van der Waals surface area contributed by atoms with Gasteiger partial charge in [0.2, 0.25) is 89.1 Å². The van der Waals surface area contributed by atoms with Crippen LogP contribution < -0.4 is 76.1 Å². The molecule has 0 saturated carbocycles. The maximum atomic E-state index is 15.4. The number of guanidine groups is 1. The Morgan fingerprint density at radius 2 is 1.33 bits per heavy atom. The number of amides is 15. The third-order valence-corrected chi connectivity index (χ3v) is 21.2. The number of rotatable bonds is 36. The lowest BCUT2D eigenvalue weighted by Crippen LogP contribution is -2.63. The van der Waals surface area contributed by atoms with E-state index in [0.717, 1.165) is 27.9 Å². The number of carbonyl (C=O) groups is 17. The molecule has 668 valence electrons. The first-order valence-electron chi connectivity index (χ1n) is 39.4. The standard InChI is InChI=1S/C78H117N19O23S/c1-39(2)30-50-68(109)92-61(41(4)99)72(113)90-53(34-59(80)103)73(114)95(12)36-60(104)120-42(5)62(75(116)96(13)55(70(111)88-50)26-27-58(79)102)93-69(110)54(37-121(117,118)119)91-66(107)49(20-16-28-83-76(81)82)86-67(108)51(32-44-35-84-48-19-15-14-18-46(44)48)87-65(106)47(77(6,7)8)33-57(101)63(78(9,10)11)94-71(112)56-21-17-29-97(56)74(115)52(89-64(105)40(3)85-38-98)31-43-22-24-45(100)25-23-43/h14-15,18-19,22-25,35,38-42,47,49-56,61-63,84,99-100H,16-17,20-21,26-34,36-37H2,1-13H3,(H2,79,102)(H2,80,103)(H,85,98)(H,86,108)(H,87,106)(H,88,111)(H,89,105)(H,90,113)(H,91,107)(H,92,109)(H,93,110)(H,94,112)(H4,81,82,83)(H,117,118,119)/t40-,41-,42-,47-,49+,50-,51-,52+,53+,54-,55+,56+,61?,62+,63+/m1/s1. The van der Waals surface area contributed by atoms with Gasteiger partial charge in [-0.15, -0.1) is 0 Å². The summed E-state index contributed by atoms with van der Waals surface area (Å²) in [5.74, 6) is -21.5. The van der Waals surface area contributed by atoms with Gasteiger partial charge in [0.1, 0.15) is 90.6 Å². The van der Waals surface area contributed by atoms with Crippen molar-refractivity contribution in [3.05, 3.63) is 65.9 Å². The van der Waals surface area contributed by atoms with E-state index in [0.29, 0.717) is 44.7 Å². The summed E-state index contributed by atoms with van der Waals surface area (Å²) in [6, 6.07) is -7.88. The van der Waals surface area contributed by atoms with Gasteiger partial charge >= 0.3 is 5.97 Å². The molecule has 0 bridgehead atoms. The number of likely N-dealkylation sites (tertiary alicyclic amines) is 1. The number of nitrogens with two attached hydrogens (primary N) is 4. The van der Waals surface area contributed by atoms with Crippen LogP contribution in [0.15, 0.2) is 59.7 Å². The highest BCUT2D eigenvalue weighted by molar-refractivity contribution is 7.85. The summed E-state index contributed by atoms with van der Waals surface area (Å²) in [6.45, 7) is 15.4. The average molecular weight is 1720 g/mol. The molecule has 15 atom stereocenters. The predicted molar refractivity (Wildman–Crippen MR) is 436 cm³/mol. The number of aliphatic hydroxyl groups excluding tert-OH is 1. The maximum absolute atomic E-state index is 15.4. The van der Waals surface area contributed by atoms with Gasteiger partial charge in [0, 0.05) is 75.9 Å². The summed E-state index contributed by atoms with van der Waals surface area (Å²) in [7, 11) is -3.46. The number of aliphatic hydroxyl groups is 1. The van der Waals surface area contributed by atoms with E-state index in [-0.39, 0.29) is 50.9 Å². The van der Waals surface area contributed by atoms with E-state index >= 15 is 28.8 Å². The monoisotopic (exact) mass is 1720 g/mol. The number of nitrogens with one attached hydrogen (secondary N) is 11. The van der Waals surface area contributed by atoms with Gasteiger partial charge in [-0.05, 0) is 105 Å². The molecular formula is C78H117N19O23S. The van der Waals surface area contributed by atoms with Crippen LogP contribution >= 0.6 is 0 Å². The number of fused-ring (bicyclic) bond motifs is 1. The minimum atomic E-state index is -5.43. The molecule has 2 fully saturated rings. The normalized spacial score (nSPS) is 20.7. The smallest absolute Gasteiger partial charge is 0.325 e. The molecule has 2 aliphatic heterocycles. The van der Waals surface area contributed by atoms with Crippen molar-refractivity contribution in [2.24, 2.45) is 50.6 Å². The highest BCUT2D eigenvalue weighted by atomic mass is 32.2. The van der Waals surface area contributed by atoms with Crippen molar-refractivity contribution in [1.29, 1.82) is 0 Å². The molecule has 43 heteroatoms. The van der Waals surface area contributed by atoms with Crippen LogP contribution in [0.2, 0.25) is 0 Å². The number of primary amides is 2. The van der Waals surface area contributed by atoms with E-state index in [4.69, 9.17) is 27.7 Å². The first-order chi connectivity index (χ1) is 56.3. The number of likely N-dealkylation sites (N-methyl/N-ethyl adjacent to an activating group) is 2. The van der Waals surface area contributed by atoms with Gasteiger partial charge in [0.25, 0.3) is 10.1 Å². The van der Waals surface area contributed by atoms with Crippen molar-refractivity contribution in [1.82, 2.24) is 72.9 Å². The second-order valence-electron chi connectivity index (χ2n) is 33.0. The number of aromatic amines is 1. The highest BCUT2D eigenvalue weighted by Gasteiger charge is 2.46. The lowest BCUT2D eigenvalue weighted by Gasteiger charge is -2.36. The topological polar surface area (TPSA) is 656 Å². The van der Waals surface area contributed by atoms with Crippen molar-refractivity contribution in [3.63, 3.8) is 0 Å². The van der Waals surface area contributed by atoms with E-state index in [1.54, 1.807) is 98.0 Å². The van der Waals surface area contributed by atoms with Crippen molar-refractivity contribution in [3.8, 4) is 5.75 Å². The number of phenolic OH excluding ortho intramolecular Hbond substituents is 1. The van der Waals surface area contributed by atoms with Crippen molar-refractivity contribution in [2.45, 2.75) is 232 Å². The summed E-state index contributed by atoms with van der Waals surface area (Å²) in [4.78, 5) is 250. The van der Waals surface area contributed by atoms with Gasteiger partial charge in [-0.2, -0.15) is 8.42 Å². The summed E-state index contributed by atoms with van der Waals surface area (Å²) in [6.07, 6.45) is -5.47. The molecule has 3 heterocycles. The number of Topliss-reactive ketones (excluding diaryl/α,β-unsaturated/α-hetero) is 1. The molecule has 2 aromatic carbocycles. The predicted octanol–water partition coefficient (Wildman–Crippen LogP) is -4.45. The number of ether oxygens (including phenoxy) is 1. The fraction of sp³-hybridized carbons (Fsp3) is 0.590. The largest absolute Gasteiger partial charge is 0.508 e. The number of aromatic hydroxyl groups is 1. The summed E-state index contributed by atoms with van der Waals surface area (Å²) >= 11 is 0. The Morgan fingerprint density at radius 3 is 1.92 bits per heavy atom. The van der Waals surface area contributed by atoms with Crippen LogP contribution in [0.1, 0.15) is 145 Å². The Morgan fingerprint density at radius 1 is 0.719 bits per heavy atom. The lowest BCUT2D eigenvalue weighted by atomic mass is 9.74. The number of H-pyrrole nitrogens is 1. The van der Waals surface area contributed by atoms with Gasteiger partial charge < -0.3 is 111 Å². The molecule has 0 radical (unpaired) electrons. The van der Waals surface area contributed by atoms with E-state index < -0.39 is 262 Å². The molecule has 1 aromatic heterocycles. The Bertz CT molecular complexity index is 4430. The number of carbonyl (C=O) groups excluding carboxylic acids is 17. The fourth-order valence-electron chi connectivity index (χ4n) is 13.8. The number of phenols is 1. The number of hydrogen-bond donors (Lipinski definition) is 18.